The van der Waals surface area contributed by atoms with Gasteiger partial charge in [-0.1, -0.05) is 24.3 Å². The molecular weight excluding hydrogens is 260 g/mol. The van der Waals surface area contributed by atoms with Crippen LogP contribution in [0.4, 0.5) is 0 Å². The largest absolute Gasteiger partial charge is 0.375 e. The van der Waals surface area contributed by atoms with Gasteiger partial charge in [-0.3, -0.25) is 4.98 Å². The van der Waals surface area contributed by atoms with E-state index >= 15 is 0 Å². The van der Waals surface area contributed by atoms with Crippen LogP contribution in [0.5, 0.6) is 0 Å². The zero-order valence-corrected chi connectivity index (χ0v) is 12.2. The average Bonchev–Trinajstić information content (AvgIpc) is 2.56. The first-order valence-corrected chi connectivity index (χ1v) is 6.98. The number of nitrogens with zero attached hydrogens (tertiary/aromatic N) is 2. The maximum absolute atomic E-state index is 5.43. The van der Waals surface area contributed by atoms with Crippen molar-refractivity contribution in [2.75, 3.05) is 13.1 Å². The van der Waals surface area contributed by atoms with Gasteiger partial charge in [-0.2, -0.15) is 0 Å². The van der Waals surface area contributed by atoms with E-state index in [4.69, 9.17) is 5.73 Å². The van der Waals surface area contributed by atoms with Crippen LogP contribution in [0, 0.1) is 0 Å². The molecule has 21 heavy (non-hydrogen) atoms. The molecule has 0 saturated heterocycles. The lowest BCUT2D eigenvalue weighted by Gasteiger charge is -2.06. The first-order valence-electron chi connectivity index (χ1n) is 6.98. The minimum Gasteiger partial charge on any atom is -0.375 e. The van der Waals surface area contributed by atoms with Gasteiger partial charge in [0.05, 0.1) is 12.0 Å². The predicted octanol–water partition coefficient (Wildman–Crippen LogP) is 2.69. The normalized spacial score (nSPS) is 11.8. The second kappa shape index (κ2) is 7.97. The molecule has 0 aliphatic rings. The Balaban J connectivity index is 2.22. The minimum absolute atomic E-state index is 0.592. The van der Waals surface area contributed by atoms with Crippen molar-refractivity contribution in [1.29, 1.82) is 0 Å². The SMILES string of the molecule is C/C=C(\N=C\NCCN)c1cccc(-c2ccncc2)c1. The molecule has 0 fully saturated rings. The van der Waals surface area contributed by atoms with Crippen LogP contribution in [0.15, 0.2) is 59.9 Å². The Morgan fingerprint density at radius 3 is 2.76 bits per heavy atom. The molecule has 0 atom stereocenters. The van der Waals surface area contributed by atoms with E-state index in [1.54, 1.807) is 18.7 Å². The van der Waals surface area contributed by atoms with Gasteiger partial charge in [0.25, 0.3) is 0 Å². The Kier molecular flexibility index (Phi) is 5.67. The van der Waals surface area contributed by atoms with E-state index in [-0.39, 0.29) is 0 Å². The first kappa shape index (κ1) is 14.9. The van der Waals surface area contributed by atoms with E-state index in [0.29, 0.717) is 6.54 Å². The number of pyridine rings is 1. The highest BCUT2D eigenvalue weighted by atomic mass is 14.9. The Labute approximate surface area is 125 Å². The maximum Gasteiger partial charge on any atom is 0.0886 e. The summed E-state index contributed by atoms with van der Waals surface area (Å²) in [5.74, 6) is 0. The molecule has 0 unspecified atom stereocenters. The Morgan fingerprint density at radius 1 is 1.24 bits per heavy atom. The fraction of sp³-hybridized carbons (Fsp3) is 0.176. The second-order valence-corrected chi connectivity index (χ2v) is 4.49. The number of nitrogens with two attached hydrogens (primary N) is 1. The molecule has 0 amide bonds. The van der Waals surface area contributed by atoms with E-state index in [9.17, 15) is 0 Å². The van der Waals surface area contributed by atoms with Crippen molar-refractivity contribution in [3.05, 3.63) is 60.4 Å². The van der Waals surface area contributed by atoms with Crippen molar-refractivity contribution in [1.82, 2.24) is 10.3 Å². The van der Waals surface area contributed by atoms with Crippen LogP contribution in [-0.4, -0.2) is 24.4 Å². The number of aliphatic imine (C=N–C) groups is 1. The lowest BCUT2D eigenvalue weighted by atomic mass is 10.0. The van der Waals surface area contributed by atoms with Gasteiger partial charge in [0.15, 0.2) is 0 Å². The summed E-state index contributed by atoms with van der Waals surface area (Å²) in [6.45, 7) is 3.29. The van der Waals surface area contributed by atoms with Crippen LogP contribution in [0.2, 0.25) is 0 Å². The average molecular weight is 280 g/mol. The number of hydrogen-bond acceptors (Lipinski definition) is 3. The van der Waals surface area contributed by atoms with Crippen molar-refractivity contribution in [2.24, 2.45) is 10.7 Å². The molecule has 0 aliphatic carbocycles. The number of hydrogen-bond donors (Lipinski definition) is 2. The third kappa shape index (κ3) is 4.26. The summed E-state index contributed by atoms with van der Waals surface area (Å²) in [6.07, 6.45) is 7.29. The molecule has 1 aromatic heterocycles. The van der Waals surface area contributed by atoms with E-state index in [2.05, 4.69) is 33.5 Å². The van der Waals surface area contributed by atoms with Gasteiger partial charge in [-0.25, -0.2) is 4.99 Å². The quantitative estimate of drug-likeness (QED) is 0.486. The van der Waals surface area contributed by atoms with Gasteiger partial charge < -0.3 is 11.1 Å². The third-order valence-corrected chi connectivity index (χ3v) is 3.03. The van der Waals surface area contributed by atoms with Crippen LogP contribution < -0.4 is 11.1 Å². The summed E-state index contributed by atoms with van der Waals surface area (Å²) in [4.78, 5) is 8.49. The molecule has 1 aromatic carbocycles. The standard InChI is InChI=1S/C17H20N4/c1-2-17(21-13-20-11-8-18)16-5-3-4-15(12-16)14-6-9-19-10-7-14/h2-7,9-10,12-13H,8,11,18H2,1H3,(H,20,21)/b17-2-. The number of aromatic nitrogens is 1. The van der Waals surface area contributed by atoms with E-state index in [0.717, 1.165) is 28.9 Å². The van der Waals surface area contributed by atoms with E-state index < -0.39 is 0 Å². The smallest absolute Gasteiger partial charge is 0.0886 e. The molecular formula is C17H20N4. The molecule has 4 nitrogen and oxygen atoms in total. The van der Waals surface area contributed by atoms with Crippen molar-refractivity contribution < 1.29 is 0 Å². The Morgan fingerprint density at radius 2 is 2.05 bits per heavy atom. The molecule has 0 aliphatic heterocycles. The molecule has 0 saturated carbocycles. The third-order valence-electron chi connectivity index (χ3n) is 3.03. The summed E-state index contributed by atoms with van der Waals surface area (Å²) < 4.78 is 0. The van der Waals surface area contributed by atoms with Crippen LogP contribution in [0.25, 0.3) is 16.8 Å². The summed E-state index contributed by atoms with van der Waals surface area (Å²) in [5, 5.41) is 3.05. The van der Waals surface area contributed by atoms with Gasteiger partial charge in [0.2, 0.25) is 0 Å². The molecule has 2 rings (SSSR count). The molecule has 4 heteroatoms. The zero-order valence-electron chi connectivity index (χ0n) is 12.2. The predicted molar refractivity (Wildman–Crippen MR) is 88.9 cm³/mol. The van der Waals surface area contributed by atoms with E-state index in [1.807, 2.05) is 31.2 Å². The molecule has 0 bridgehead atoms. The topological polar surface area (TPSA) is 63.3 Å². The lowest BCUT2D eigenvalue weighted by Crippen LogP contribution is -2.20. The summed E-state index contributed by atoms with van der Waals surface area (Å²) in [5.41, 5.74) is 9.73. The number of allylic oxidation sites excluding steroid dienone is 1. The minimum atomic E-state index is 0.592. The molecule has 1 heterocycles. The summed E-state index contributed by atoms with van der Waals surface area (Å²) in [7, 11) is 0. The summed E-state index contributed by atoms with van der Waals surface area (Å²) in [6, 6.07) is 12.3. The highest BCUT2D eigenvalue weighted by Gasteiger charge is 2.02. The Bertz CT molecular complexity index is 618. The molecule has 3 N–H and O–H groups in total. The van der Waals surface area contributed by atoms with Crippen molar-refractivity contribution in [3.63, 3.8) is 0 Å². The van der Waals surface area contributed by atoms with Crippen LogP contribution in [0.3, 0.4) is 0 Å². The van der Waals surface area contributed by atoms with Gasteiger partial charge in [0.1, 0.15) is 0 Å². The van der Waals surface area contributed by atoms with Gasteiger partial charge in [-0.05, 0) is 36.2 Å². The fourth-order valence-corrected chi connectivity index (χ4v) is 1.98. The molecule has 0 spiro atoms. The van der Waals surface area contributed by atoms with Crippen LogP contribution in [-0.2, 0) is 0 Å². The second-order valence-electron chi connectivity index (χ2n) is 4.49. The van der Waals surface area contributed by atoms with Crippen LogP contribution >= 0.6 is 0 Å². The molecule has 0 radical (unpaired) electrons. The highest BCUT2D eigenvalue weighted by molar-refractivity contribution is 5.76. The fourth-order valence-electron chi connectivity index (χ4n) is 1.98. The lowest BCUT2D eigenvalue weighted by molar-refractivity contribution is 0.889. The van der Waals surface area contributed by atoms with Gasteiger partial charge in [0, 0.05) is 31.0 Å². The van der Waals surface area contributed by atoms with Crippen LogP contribution in [0.1, 0.15) is 12.5 Å². The number of rotatable bonds is 6. The number of benzene rings is 1. The Hall–Kier alpha value is -2.46. The molecule has 2 aromatic rings. The van der Waals surface area contributed by atoms with Crippen molar-refractivity contribution in [2.45, 2.75) is 6.92 Å². The van der Waals surface area contributed by atoms with Crippen molar-refractivity contribution >= 4 is 12.0 Å². The number of nitrogens with one attached hydrogen (secondary N) is 1. The zero-order chi connectivity index (χ0) is 14.9. The van der Waals surface area contributed by atoms with Crippen molar-refractivity contribution in [3.8, 4) is 11.1 Å². The van der Waals surface area contributed by atoms with Gasteiger partial charge >= 0.3 is 0 Å². The highest BCUT2D eigenvalue weighted by Crippen LogP contribution is 2.23. The monoisotopic (exact) mass is 280 g/mol. The summed E-state index contributed by atoms with van der Waals surface area (Å²) >= 11 is 0. The first-order chi connectivity index (χ1) is 10.3. The van der Waals surface area contributed by atoms with Gasteiger partial charge in [-0.15, -0.1) is 0 Å². The maximum atomic E-state index is 5.43. The van der Waals surface area contributed by atoms with E-state index in [1.165, 1.54) is 0 Å². The molecule has 108 valence electrons.